The van der Waals surface area contributed by atoms with Gasteiger partial charge in [0.15, 0.2) is 6.61 Å². The van der Waals surface area contributed by atoms with Crippen LogP contribution in [0.15, 0.2) is 29.1 Å². The Morgan fingerprint density at radius 3 is 3.06 bits per heavy atom. The highest BCUT2D eigenvalue weighted by molar-refractivity contribution is 9.10. The number of nitrogens with one attached hydrogen (secondary N) is 2. The van der Waals surface area contributed by atoms with E-state index < -0.39 is 0 Å². The molecule has 0 aliphatic carbocycles. The Balaban J connectivity index is 2.06. The fraction of sp³-hybridized carbons (Fsp3) is 0.0909. The van der Waals surface area contributed by atoms with Gasteiger partial charge < -0.3 is 15.0 Å². The summed E-state index contributed by atoms with van der Waals surface area (Å²) in [6, 6.07) is 5.57. The summed E-state index contributed by atoms with van der Waals surface area (Å²) in [5.74, 6) is 0.538. The van der Waals surface area contributed by atoms with Crippen LogP contribution in [0.25, 0.3) is 11.3 Å². The number of fused-ring (bicyclic) bond motifs is 1. The minimum absolute atomic E-state index is 0.0679. The first-order valence-electron chi connectivity index (χ1n) is 5.00. The molecule has 1 aliphatic rings. The average Bonchev–Trinajstić information content (AvgIpc) is 2.74. The third kappa shape index (κ3) is 1.80. The van der Waals surface area contributed by atoms with Gasteiger partial charge in [0.2, 0.25) is 0 Å². The van der Waals surface area contributed by atoms with Crippen LogP contribution in [0, 0.1) is 0 Å². The molecule has 17 heavy (non-hydrogen) atoms. The number of carbonyl (C=O) groups is 1. The summed E-state index contributed by atoms with van der Waals surface area (Å²) in [5.41, 5.74) is 2.38. The van der Waals surface area contributed by atoms with Crippen molar-refractivity contribution in [1.29, 1.82) is 0 Å². The van der Waals surface area contributed by atoms with E-state index in [0.29, 0.717) is 11.4 Å². The second-order valence-corrected chi connectivity index (χ2v) is 4.41. The summed E-state index contributed by atoms with van der Waals surface area (Å²) in [6.45, 7) is 0.0679. The molecule has 5 nitrogen and oxygen atoms in total. The summed E-state index contributed by atoms with van der Waals surface area (Å²) in [7, 11) is 0. The maximum Gasteiger partial charge on any atom is 0.262 e. The highest BCUT2D eigenvalue weighted by atomic mass is 79.9. The smallest absolute Gasteiger partial charge is 0.262 e. The molecule has 1 aromatic heterocycles. The minimum atomic E-state index is -0.143. The quantitative estimate of drug-likeness (QED) is 0.847. The summed E-state index contributed by atoms with van der Waals surface area (Å²) in [5, 5.41) is 2.76. The third-order valence-corrected chi connectivity index (χ3v) is 3.08. The molecule has 2 N–H and O–H groups in total. The van der Waals surface area contributed by atoms with Crippen molar-refractivity contribution in [3.05, 3.63) is 29.1 Å². The Morgan fingerprint density at radius 2 is 2.29 bits per heavy atom. The molecule has 0 bridgehead atoms. The molecule has 0 spiro atoms. The van der Waals surface area contributed by atoms with Crippen molar-refractivity contribution in [2.24, 2.45) is 0 Å². The number of nitrogens with zero attached hydrogens (tertiary/aromatic N) is 1. The van der Waals surface area contributed by atoms with Crippen molar-refractivity contribution in [2.45, 2.75) is 0 Å². The predicted octanol–water partition coefficient (Wildman–Crippen LogP) is 2.17. The van der Waals surface area contributed by atoms with Crippen molar-refractivity contribution in [2.75, 3.05) is 11.9 Å². The van der Waals surface area contributed by atoms with Crippen LogP contribution >= 0.6 is 15.9 Å². The monoisotopic (exact) mass is 293 g/mol. The number of aromatic amines is 1. The van der Waals surface area contributed by atoms with E-state index in [1.165, 1.54) is 0 Å². The molecule has 0 saturated heterocycles. The second kappa shape index (κ2) is 3.89. The largest absolute Gasteiger partial charge is 0.482 e. The Hall–Kier alpha value is -1.82. The topological polar surface area (TPSA) is 67.0 Å². The van der Waals surface area contributed by atoms with Gasteiger partial charge in [-0.05, 0) is 34.1 Å². The van der Waals surface area contributed by atoms with Crippen LogP contribution in [0.3, 0.4) is 0 Å². The number of imidazole rings is 1. The van der Waals surface area contributed by atoms with Gasteiger partial charge in [0.25, 0.3) is 5.91 Å². The zero-order valence-electron chi connectivity index (χ0n) is 8.66. The van der Waals surface area contributed by atoms with Crippen molar-refractivity contribution < 1.29 is 9.53 Å². The number of halogens is 1. The molecule has 0 saturated carbocycles. The summed E-state index contributed by atoms with van der Waals surface area (Å²) >= 11 is 3.37. The van der Waals surface area contributed by atoms with Crippen LogP contribution < -0.4 is 10.1 Å². The lowest BCUT2D eigenvalue weighted by molar-refractivity contribution is -0.118. The minimum Gasteiger partial charge on any atom is -0.482 e. The maximum absolute atomic E-state index is 11.2. The van der Waals surface area contributed by atoms with Gasteiger partial charge in [0.1, 0.15) is 16.0 Å². The fourth-order valence-electron chi connectivity index (χ4n) is 1.71. The summed E-state index contributed by atoms with van der Waals surface area (Å²) < 4.78 is 6.09. The number of benzene rings is 1. The molecule has 6 heteroatoms. The molecule has 3 rings (SSSR count). The molecule has 0 radical (unpaired) electrons. The molecular formula is C11H8BrN3O2. The Bertz CT molecular complexity index is 594. The molecule has 1 amide bonds. The molecular weight excluding hydrogens is 286 g/mol. The number of hydrogen-bond acceptors (Lipinski definition) is 3. The van der Waals surface area contributed by atoms with Crippen LogP contribution in [0.1, 0.15) is 0 Å². The van der Waals surface area contributed by atoms with Crippen LogP contribution in [0.2, 0.25) is 0 Å². The number of hydrogen-bond donors (Lipinski definition) is 2. The van der Waals surface area contributed by atoms with Crippen molar-refractivity contribution in [1.82, 2.24) is 9.97 Å². The lowest BCUT2D eigenvalue weighted by Crippen LogP contribution is -2.25. The van der Waals surface area contributed by atoms with Gasteiger partial charge in [-0.25, -0.2) is 4.98 Å². The number of rotatable bonds is 1. The van der Waals surface area contributed by atoms with Crippen molar-refractivity contribution >= 4 is 27.5 Å². The lowest BCUT2D eigenvalue weighted by atomic mass is 10.1. The molecule has 86 valence electrons. The maximum atomic E-state index is 11.2. The van der Waals surface area contributed by atoms with Crippen LogP contribution in [0.4, 0.5) is 5.69 Å². The van der Waals surface area contributed by atoms with E-state index in [1.54, 1.807) is 6.33 Å². The van der Waals surface area contributed by atoms with Gasteiger partial charge in [-0.15, -0.1) is 0 Å². The number of ether oxygens (including phenoxy) is 1. The summed E-state index contributed by atoms with van der Waals surface area (Å²) in [6.07, 6.45) is 1.61. The van der Waals surface area contributed by atoms with E-state index in [4.69, 9.17) is 4.74 Å². The van der Waals surface area contributed by atoms with Gasteiger partial charge >= 0.3 is 0 Å². The van der Waals surface area contributed by atoms with Crippen LogP contribution in [-0.2, 0) is 4.79 Å². The Kier molecular flexibility index (Phi) is 2.36. The van der Waals surface area contributed by atoms with E-state index in [0.717, 1.165) is 15.9 Å². The van der Waals surface area contributed by atoms with E-state index in [2.05, 4.69) is 31.2 Å². The zero-order valence-corrected chi connectivity index (χ0v) is 10.2. The van der Waals surface area contributed by atoms with Gasteiger partial charge in [-0.1, -0.05) is 0 Å². The van der Waals surface area contributed by atoms with Crippen LogP contribution in [-0.4, -0.2) is 22.5 Å². The van der Waals surface area contributed by atoms with Crippen molar-refractivity contribution in [3.63, 3.8) is 0 Å². The molecule has 1 aromatic carbocycles. The van der Waals surface area contributed by atoms with Gasteiger partial charge in [0.05, 0.1) is 12.0 Å². The first kappa shape index (κ1) is 10.3. The molecule has 2 heterocycles. The van der Waals surface area contributed by atoms with Gasteiger partial charge in [-0.3, -0.25) is 4.79 Å². The standard InChI is InChI=1S/C11H8BrN3O2/c12-11-10(13-5-14-11)6-1-2-8-7(3-6)15-9(16)4-17-8/h1-3,5H,4H2,(H,13,14)(H,15,16). The molecule has 0 atom stereocenters. The molecule has 0 fully saturated rings. The van der Waals surface area contributed by atoms with E-state index in [-0.39, 0.29) is 12.5 Å². The fourth-order valence-corrected chi connectivity index (χ4v) is 2.14. The Morgan fingerprint density at radius 1 is 1.41 bits per heavy atom. The average molecular weight is 294 g/mol. The molecule has 1 aliphatic heterocycles. The normalized spacial score (nSPS) is 13.8. The second-order valence-electron chi connectivity index (χ2n) is 3.61. The van der Waals surface area contributed by atoms with Crippen molar-refractivity contribution in [3.8, 4) is 17.0 Å². The molecule has 2 aromatic rings. The SMILES string of the molecule is O=C1COc2ccc(-c3nc[nH]c3Br)cc2N1. The Labute approximate surface area is 105 Å². The van der Waals surface area contributed by atoms with E-state index >= 15 is 0 Å². The van der Waals surface area contributed by atoms with Crippen LogP contribution in [0.5, 0.6) is 5.75 Å². The lowest BCUT2D eigenvalue weighted by Gasteiger charge is -2.18. The molecule has 0 unspecified atom stereocenters. The summed E-state index contributed by atoms with van der Waals surface area (Å²) in [4.78, 5) is 18.4. The highest BCUT2D eigenvalue weighted by Crippen LogP contribution is 2.33. The number of carbonyl (C=O) groups excluding carboxylic acids is 1. The number of aromatic nitrogens is 2. The number of amides is 1. The number of anilines is 1. The third-order valence-electron chi connectivity index (χ3n) is 2.48. The van der Waals surface area contributed by atoms with E-state index in [9.17, 15) is 4.79 Å². The first-order valence-corrected chi connectivity index (χ1v) is 5.79. The highest BCUT2D eigenvalue weighted by Gasteiger charge is 2.17. The predicted molar refractivity (Wildman–Crippen MR) is 65.8 cm³/mol. The van der Waals surface area contributed by atoms with Gasteiger partial charge in [0, 0.05) is 5.56 Å². The first-order chi connectivity index (χ1) is 8.24. The van der Waals surface area contributed by atoms with E-state index in [1.807, 2.05) is 18.2 Å². The zero-order chi connectivity index (χ0) is 11.8. The van der Waals surface area contributed by atoms with Gasteiger partial charge in [-0.2, -0.15) is 0 Å². The number of H-pyrrole nitrogens is 1.